The van der Waals surface area contributed by atoms with Crippen LogP contribution in [0, 0.1) is 16.0 Å². The van der Waals surface area contributed by atoms with Gasteiger partial charge in [0.25, 0.3) is 17.5 Å². The first-order valence-electron chi connectivity index (χ1n) is 9.75. The zero-order valence-electron chi connectivity index (χ0n) is 16.4. The van der Waals surface area contributed by atoms with Gasteiger partial charge in [-0.15, -0.1) is 0 Å². The molecule has 1 unspecified atom stereocenters. The van der Waals surface area contributed by atoms with Crippen LogP contribution in [0.3, 0.4) is 0 Å². The molecule has 0 radical (unpaired) electrons. The van der Waals surface area contributed by atoms with Crippen LogP contribution in [0.25, 0.3) is 5.57 Å². The fraction of sp³-hybridized carbons (Fsp3) is 0.273. The average Bonchev–Trinajstić information content (AvgIpc) is 2.99. The van der Waals surface area contributed by atoms with E-state index in [-0.39, 0.29) is 17.2 Å². The fourth-order valence-corrected chi connectivity index (χ4v) is 4.16. The first-order valence-corrected chi connectivity index (χ1v) is 10.1. The molecule has 30 heavy (non-hydrogen) atoms. The number of imide groups is 1. The zero-order valence-corrected chi connectivity index (χ0v) is 17.1. The number of halogens is 1. The van der Waals surface area contributed by atoms with Crippen LogP contribution in [-0.2, 0) is 9.59 Å². The maximum Gasteiger partial charge on any atom is 0.282 e. The van der Waals surface area contributed by atoms with Gasteiger partial charge in [0.05, 0.1) is 16.2 Å². The van der Waals surface area contributed by atoms with Crippen molar-refractivity contribution in [3.05, 3.63) is 74.9 Å². The first kappa shape index (κ1) is 20.1. The number of piperidine rings is 1. The maximum atomic E-state index is 13.4. The predicted octanol–water partition coefficient (Wildman–Crippen LogP) is 4.26. The minimum atomic E-state index is -0.493. The lowest BCUT2D eigenvalue weighted by Crippen LogP contribution is -2.39. The smallest absolute Gasteiger partial charge is 0.282 e. The molecule has 2 aromatic carbocycles. The van der Waals surface area contributed by atoms with Crippen molar-refractivity contribution in [1.29, 1.82) is 0 Å². The standard InChI is InChI=1S/C22H20ClN3O4/c1-14-3-2-12-24(13-14)20-19(15-4-8-18(9-5-15)26(29)30)21(27)25(22(20)28)17-10-6-16(23)7-11-17/h4-11,14H,2-3,12-13H2,1H3. The van der Waals surface area contributed by atoms with Gasteiger partial charge in [-0.05, 0) is 60.7 Å². The highest BCUT2D eigenvalue weighted by atomic mass is 35.5. The largest absolute Gasteiger partial charge is 0.366 e. The van der Waals surface area contributed by atoms with Crippen LogP contribution in [0.1, 0.15) is 25.3 Å². The first-order chi connectivity index (χ1) is 14.4. The molecule has 0 spiro atoms. The molecule has 2 aliphatic rings. The molecule has 1 atom stereocenters. The molecule has 0 aromatic heterocycles. The molecule has 2 aromatic rings. The summed E-state index contributed by atoms with van der Waals surface area (Å²) in [6, 6.07) is 12.3. The molecule has 2 heterocycles. The van der Waals surface area contributed by atoms with Gasteiger partial charge >= 0.3 is 0 Å². The van der Waals surface area contributed by atoms with E-state index in [2.05, 4.69) is 6.92 Å². The Bertz CT molecular complexity index is 1050. The van der Waals surface area contributed by atoms with Crippen LogP contribution < -0.4 is 4.90 Å². The average molecular weight is 426 g/mol. The number of rotatable bonds is 4. The van der Waals surface area contributed by atoms with Gasteiger partial charge in [-0.1, -0.05) is 18.5 Å². The Morgan fingerprint density at radius 3 is 2.30 bits per heavy atom. The SMILES string of the molecule is CC1CCCN(C2=C(c3ccc([N+](=O)[O-])cc3)C(=O)N(c3ccc(Cl)cc3)C2=O)C1. The topological polar surface area (TPSA) is 83.8 Å². The lowest BCUT2D eigenvalue weighted by molar-refractivity contribution is -0.384. The van der Waals surface area contributed by atoms with Gasteiger partial charge < -0.3 is 4.90 Å². The number of likely N-dealkylation sites (tertiary alicyclic amines) is 1. The van der Waals surface area contributed by atoms with Gasteiger partial charge in [0.15, 0.2) is 0 Å². The van der Waals surface area contributed by atoms with Crippen LogP contribution in [-0.4, -0.2) is 34.7 Å². The summed E-state index contributed by atoms with van der Waals surface area (Å²) in [7, 11) is 0. The maximum absolute atomic E-state index is 13.4. The number of benzene rings is 2. The van der Waals surface area contributed by atoms with Gasteiger partial charge in [-0.3, -0.25) is 19.7 Å². The van der Waals surface area contributed by atoms with E-state index < -0.39 is 10.8 Å². The summed E-state index contributed by atoms with van der Waals surface area (Å²) in [5.41, 5.74) is 1.49. The fourth-order valence-electron chi connectivity index (χ4n) is 4.04. The third-order valence-corrected chi connectivity index (χ3v) is 5.74. The van der Waals surface area contributed by atoms with Crippen molar-refractivity contribution >= 4 is 40.4 Å². The van der Waals surface area contributed by atoms with Crippen molar-refractivity contribution in [2.75, 3.05) is 18.0 Å². The number of carbonyl (C=O) groups excluding carboxylic acids is 2. The monoisotopic (exact) mass is 425 g/mol. The predicted molar refractivity (Wildman–Crippen MR) is 114 cm³/mol. The number of nitrogens with zero attached hydrogens (tertiary/aromatic N) is 3. The lowest BCUT2D eigenvalue weighted by Gasteiger charge is -2.33. The van der Waals surface area contributed by atoms with Crippen molar-refractivity contribution in [3.8, 4) is 0 Å². The quantitative estimate of drug-likeness (QED) is 0.415. The van der Waals surface area contributed by atoms with E-state index in [0.717, 1.165) is 17.7 Å². The van der Waals surface area contributed by atoms with E-state index in [4.69, 9.17) is 11.6 Å². The van der Waals surface area contributed by atoms with Gasteiger partial charge in [-0.25, -0.2) is 4.90 Å². The number of anilines is 1. The zero-order chi connectivity index (χ0) is 21.4. The molecule has 2 amide bonds. The number of non-ortho nitro benzene ring substituents is 1. The summed E-state index contributed by atoms with van der Waals surface area (Å²) >= 11 is 5.96. The number of carbonyl (C=O) groups is 2. The molecule has 1 fully saturated rings. The molecule has 0 aliphatic carbocycles. The van der Waals surface area contributed by atoms with Gasteiger partial charge in [-0.2, -0.15) is 0 Å². The molecule has 154 valence electrons. The van der Waals surface area contributed by atoms with Gasteiger partial charge in [0.1, 0.15) is 5.70 Å². The van der Waals surface area contributed by atoms with Crippen LogP contribution in [0.5, 0.6) is 0 Å². The number of hydrogen-bond acceptors (Lipinski definition) is 5. The summed E-state index contributed by atoms with van der Waals surface area (Å²) in [5.74, 6) is -0.425. The van der Waals surface area contributed by atoms with Crippen molar-refractivity contribution in [1.82, 2.24) is 4.90 Å². The molecular formula is C22H20ClN3O4. The Hall–Kier alpha value is -3.19. The third-order valence-electron chi connectivity index (χ3n) is 5.48. The Morgan fingerprint density at radius 1 is 1.03 bits per heavy atom. The molecule has 0 saturated carbocycles. The van der Waals surface area contributed by atoms with Crippen LogP contribution >= 0.6 is 11.6 Å². The second kappa shape index (κ2) is 7.91. The number of nitro groups is 1. The summed E-state index contributed by atoms with van der Waals surface area (Å²) in [4.78, 5) is 40.5. The summed E-state index contributed by atoms with van der Waals surface area (Å²) in [6.07, 6.45) is 2.00. The minimum Gasteiger partial charge on any atom is -0.366 e. The van der Waals surface area contributed by atoms with E-state index in [1.165, 1.54) is 24.3 Å². The summed E-state index contributed by atoms with van der Waals surface area (Å²) in [5, 5.41) is 11.5. The Morgan fingerprint density at radius 2 is 1.70 bits per heavy atom. The highest BCUT2D eigenvalue weighted by molar-refractivity contribution is 6.45. The number of nitro benzene ring substituents is 1. The van der Waals surface area contributed by atoms with Crippen LogP contribution in [0.4, 0.5) is 11.4 Å². The normalized spacial score (nSPS) is 19.6. The Balaban J connectivity index is 1.81. The molecule has 7 nitrogen and oxygen atoms in total. The van der Waals surface area contributed by atoms with Crippen LogP contribution in [0.2, 0.25) is 5.02 Å². The van der Waals surface area contributed by atoms with E-state index in [1.54, 1.807) is 24.3 Å². The number of hydrogen-bond donors (Lipinski definition) is 0. The van der Waals surface area contributed by atoms with E-state index in [1.807, 2.05) is 4.90 Å². The van der Waals surface area contributed by atoms with Crippen molar-refractivity contribution in [2.24, 2.45) is 5.92 Å². The molecule has 0 N–H and O–H groups in total. The summed E-state index contributed by atoms with van der Waals surface area (Å²) in [6.45, 7) is 3.49. The van der Waals surface area contributed by atoms with Gasteiger partial charge in [0, 0.05) is 30.2 Å². The molecular weight excluding hydrogens is 406 g/mol. The minimum absolute atomic E-state index is 0.0705. The Labute approximate surface area is 178 Å². The Kier molecular flexibility index (Phi) is 5.30. The van der Waals surface area contributed by atoms with Gasteiger partial charge in [0.2, 0.25) is 0 Å². The molecule has 8 heteroatoms. The molecule has 4 rings (SSSR count). The van der Waals surface area contributed by atoms with Crippen molar-refractivity contribution in [2.45, 2.75) is 19.8 Å². The second-order valence-electron chi connectivity index (χ2n) is 7.64. The summed E-state index contributed by atoms with van der Waals surface area (Å²) < 4.78 is 0. The molecule has 2 aliphatic heterocycles. The molecule has 1 saturated heterocycles. The van der Waals surface area contributed by atoms with E-state index in [0.29, 0.717) is 41.0 Å². The van der Waals surface area contributed by atoms with E-state index in [9.17, 15) is 19.7 Å². The van der Waals surface area contributed by atoms with Crippen molar-refractivity contribution in [3.63, 3.8) is 0 Å². The third kappa shape index (κ3) is 3.57. The highest BCUT2D eigenvalue weighted by Crippen LogP contribution is 2.37. The molecule has 0 bridgehead atoms. The highest BCUT2D eigenvalue weighted by Gasteiger charge is 2.43. The number of amides is 2. The van der Waals surface area contributed by atoms with Crippen LogP contribution in [0.15, 0.2) is 54.2 Å². The van der Waals surface area contributed by atoms with Crippen molar-refractivity contribution < 1.29 is 14.5 Å². The lowest BCUT2D eigenvalue weighted by atomic mass is 9.97. The second-order valence-corrected chi connectivity index (χ2v) is 8.08. The van der Waals surface area contributed by atoms with E-state index >= 15 is 0 Å².